The predicted molar refractivity (Wildman–Crippen MR) is 70.8 cm³/mol. The van der Waals surface area contributed by atoms with Crippen LogP contribution in [0.1, 0.15) is 46.0 Å². The molecule has 0 saturated carbocycles. The number of likely N-dealkylation sites (tertiary alicyclic amines) is 1. The van der Waals surface area contributed by atoms with E-state index in [4.69, 9.17) is 5.73 Å². The maximum absolute atomic E-state index is 11.5. The average Bonchev–Trinajstić information content (AvgIpc) is 2.55. The summed E-state index contributed by atoms with van der Waals surface area (Å²) in [5, 5.41) is 3.21. The van der Waals surface area contributed by atoms with Crippen molar-refractivity contribution in [3.63, 3.8) is 0 Å². The van der Waals surface area contributed by atoms with Crippen molar-refractivity contribution in [1.82, 2.24) is 10.2 Å². The van der Waals surface area contributed by atoms with Crippen molar-refractivity contribution in [2.75, 3.05) is 26.2 Å². The van der Waals surface area contributed by atoms with Gasteiger partial charge in [0.25, 0.3) is 0 Å². The van der Waals surface area contributed by atoms with Gasteiger partial charge in [0.1, 0.15) is 0 Å². The second-order valence-corrected chi connectivity index (χ2v) is 5.23. The van der Waals surface area contributed by atoms with Crippen LogP contribution in [0.25, 0.3) is 0 Å². The zero-order chi connectivity index (χ0) is 12.7. The molecule has 0 spiro atoms. The lowest BCUT2D eigenvalue weighted by molar-refractivity contribution is -0.124. The molecular weight excluding hydrogens is 214 g/mol. The summed E-state index contributed by atoms with van der Waals surface area (Å²) < 4.78 is 0. The number of rotatable bonds is 6. The topological polar surface area (TPSA) is 58.4 Å². The molecular formula is C13H27N3O. The lowest BCUT2D eigenvalue weighted by Crippen LogP contribution is -2.54. The van der Waals surface area contributed by atoms with Gasteiger partial charge in [0.2, 0.25) is 5.91 Å². The molecule has 0 aromatic heterocycles. The van der Waals surface area contributed by atoms with E-state index in [0.29, 0.717) is 0 Å². The van der Waals surface area contributed by atoms with Crippen molar-refractivity contribution in [2.45, 2.75) is 51.5 Å². The first-order valence-electron chi connectivity index (χ1n) is 6.86. The standard InChI is InChI=1S/C13H27N3O/c1-3-15-13(2,12(14)17)8-11-16-9-6-4-5-7-10-16/h15H,3-11H2,1-2H3,(H2,14,17). The maximum atomic E-state index is 11.5. The number of primary amides is 1. The molecule has 0 radical (unpaired) electrons. The molecule has 1 rings (SSSR count). The van der Waals surface area contributed by atoms with Crippen molar-refractivity contribution < 1.29 is 4.79 Å². The van der Waals surface area contributed by atoms with Crippen LogP contribution in [-0.4, -0.2) is 42.5 Å². The number of nitrogens with zero attached hydrogens (tertiary/aromatic N) is 1. The van der Waals surface area contributed by atoms with Crippen LogP contribution in [0.4, 0.5) is 0 Å². The number of nitrogens with two attached hydrogens (primary N) is 1. The smallest absolute Gasteiger partial charge is 0.237 e. The van der Waals surface area contributed by atoms with Crippen molar-refractivity contribution in [1.29, 1.82) is 0 Å². The summed E-state index contributed by atoms with van der Waals surface area (Å²) in [7, 11) is 0. The minimum atomic E-state index is -0.555. The molecule has 1 heterocycles. The van der Waals surface area contributed by atoms with Gasteiger partial charge < -0.3 is 16.0 Å². The molecule has 1 aliphatic heterocycles. The first kappa shape index (κ1) is 14.5. The van der Waals surface area contributed by atoms with Gasteiger partial charge in [-0.05, 0) is 45.8 Å². The SMILES string of the molecule is CCNC(C)(CCN1CCCCCC1)C(N)=O. The van der Waals surface area contributed by atoms with E-state index in [1.807, 2.05) is 13.8 Å². The van der Waals surface area contributed by atoms with Crippen molar-refractivity contribution >= 4 is 5.91 Å². The van der Waals surface area contributed by atoms with Gasteiger partial charge in [-0.15, -0.1) is 0 Å². The van der Waals surface area contributed by atoms with Crippen LogP contribution in [0.15, 0.2) is 0 Å². The van der Waals surface area contributed by atoms with E-state index in [1.54, 1.807) is 0 Å². The molecule has 0 aromatic carbocycles. The fraction of sp³-hybridized carbons (Fsp3) is 0.923. The second kappa shape index (κ2) is 6.97. The van der Waals surface area contributed by atoms with E-state index < -0.39 is 5.54 Å². The molecule has 1 amide bonds. The Morgan fingerprint density at radius 3 is 2.35 bits per heavy atom. The van der Waals surface area contributed by atoms with E-state index in [1.165, 1.54) is 38.8 Å². The van der Waals surface area contributed by atoms with E-state index in [2.05, 4.69) is 10.2 Å². The highest BCUT2D eigenvalue weighted by molar-refractivity contribution is 5.84. The van der Waals surface area contributed by atoms with Gasteiger partial charge in [0, 0.05) is 6.54 Å². The number of amides is 1. The maximum Gasteiger partial charge on any atom is 0.237 e. The number of likely N-dealkylation sites (N-methyl/N-ethyl adjacent to an activating group) is 1. The van der Waals surface area contributed by atoms with Crippen LogP contribution in [0.3, 0.4) is 0 Å². The third-order valence-electron chi connectivity index (χ3n) is 3.74. The van der Waals surface area contributed by atoms with Gasteiger partial charge in [-0.1, -0.05) is 19.8 Å². The van der Waals surface area contributed by atoms with Crippen molar-refractivity contribution in [3.8, 4) is 0 Å². The van der Waals surface area contributed by atoms with Gasteiger partial charge in [-0.2, -0.15) is 0 Å². The van der Waals surface area contributed by atoms with E-state index in [0.717, 1.165) is 19.5 Å². The highest BCUT2D eigenvalue weighted by Gasteiger charge is 2.30. The summed E-state index contributed by atoms with van der Waals surface area (Å²) in [5.41, 5.74) is 4.93. The normalized spacial score (nSPS) is 21.8. The van der Waals surface area contributed by atoms with Crippen LogP contribution < -0.4 is 11.1 Å². The number of carbonyl (C=O) groups excluding carboxylic acids is 1. The largest absolute Gasteiger partial charge is 0.368 e. The van der Waals surface area contributed by atoms with Crippen LogP contribution >= 0.6 is 0 Å². The van der Waals surface area contributed by atoms with E-state index in [9.17, 15) is 4.79 Å². The Hall–Kier alpha value is -0.610. The van der Waals surface area contributed by atoms with Gasteiger partial charge in [0.15, 0.2) is 0 Å². The quantitative estimate of drug-likeness (QED) is 0.732. The number of hydrogen-bond acceptors (Lipinski definition) is 3. The first-order chi connectivity index (χ1) is 8.08. The van der Waals surface area contributed by atoms with Gasteiger partial charge in [0.05, 0.1) is 5.54 Å². The number of carbonyl (C=O) groups is 1. The summed E-state index contributed by atoms with van der Waals surface area (Å²) in [6.45, 7) is 8.00. The Kier molecular flexibility index (Phi) is 5.92. The number of nitrogens with one attached hydrogen (secondary N) is 1. The van der Waals surface area contributed by atoms with Crippen molar-refractivity contribution in [3.05, 3.63) is 0 Å². The van der Waals surface area contributed by atoms with Crippen molar-refractivity contribution in [2.24, 2.45) is 5.73 Å². The summed E-state index contributed by atoms with van der Waals surface area (Å²) in [6.07, 6.45) is 6.06. The molecule has 0 aliphatic carbocycles. The Morgan fingerprint density at radius 1 is 1.29 bits per heavy atom. The minimum Gasteiger partial charge on any atom is -0.368 e. The zero-order valence-corrected chi connectivity index (χ0v) is 11.3. The van der Waals surface area contributed by atoms with E-state index >= 15 is 0 Å². The molecule has 1 atom stereocenters. The molecule has 1 fully saturated rings. The monoisotopic (exact) mass is 241 g/mol. The summed E-state index contributed by atoms with van der Waals surface area (Å²) in [4.78, 5) is 14.0. The summed E-state index contributed by atoms with van der Waals surface area (Å²) in [6, 6.07) is 0. The van der Waals surface area contributed by atoms with Gasteiger partial charge in [-0.25, -0.2) is 0 Å². The molecule has 1 aliphatic rings. The van der Waals surface area contributed by atoms with Crippen LogP contribution in [0, 0.1) is 0 Å². The zero-order valence-electron chi connectivity index (χ0n) is 11.3. The molecule has 1 saturated heterocycles. The van der Waals surface area contributed by atoms with Gasteiger partial charge in [-0.3, -0.25) is 4.79 Å². The lowest BCUT2D eigenvalue weighted by atomic mass is 9.96. The Balaban J connectivity index is 2.42. The molecule has 0 bridgehead atoms. The molecule has 0 aromatic rings. The second-order valence-electron chi connectivity index (χ2n) is 5.23. The molecule has 1 unspecified atom stereocenters. The number of hydrogen-bond donors (Lipinski definition) is 2. The highest BCUT2D eigenvalue weighted by Crippen LogP contribution is 2.14. The Morgan fingerprint density at radius 2 is 1.88 bits per heavy atom. The Labute approximate surface area is 105 Å². The molecule has 17 heavy (non-hydrogen) atoms. The van der Waals surface area contributed by atoms with E-state index in [-0.39, 0.29) is 5.91 Å². The third-order valence-corrected chi connectivity index (χ3v) is 3.74. The fourth-order valence-electron chi connectivity index (χ4n) is 2.43. The molecule has 4 nitrogen and oxygen atoms in total. The van der Waals surface area contributed by atoms with Gasteiger partial charge >= 0.3 is 0 Å². The highest BCUT2D eigenvalue weighted by atomic mass is 16.1. The Bertz CT molecular complexity index is 237. The molecule has 3 N–H and O–H groups in total. The summed E-state index contributed by atoms with van der Waals surface area (Å²) >= 11 is 0. The van der Waals surface area contributed by atoms with Crippen LogP contribution in [-0.2, 0) is 4.79 Å². The van der Waals surface area contributed by atoms with Crippen LogP contribution in [0.2, 0.25) is 0 Å². The average molecular weight is 241 g/mol. The summed E-state index contributed by atoms with van der Waals surface area (Å²) in [5.74, 6) is -0.242. The minimum absolute atomic E-state index is 0.242. The molecule has 4 heteroatoms. The lowest BCUT2D eigenvalue weighted by Gasteiger charge is -2.30. The fourth-order valence-corrected chi connectivity index (χ4v) is 2.43. The first-order valence-corrected chi connectivity index (χ1v) is 6.86. The van der Waals surface area contributed by atoms with Crippen LogP contribution in [0.5, 0.6) is 0 Å². The molecule has 100 valence electrons. The predicted octanol–water partition coefficient (Wildman–Crippen LogP) is 1.11. The third kappa shape index (κ3) is 4.64.